The molecule has 1 amide bonds. The Morgan fingerprint density at radius 3 is 2.88 bits per heavy atom. The van der Waals surface area contributed by atoms with Gasteiger partial charge in [0.1, 0.15) is 11.1 Å². The number of ether oxygens (including phenoxy) is 1. The number of carbonyl (C=O) groups is 1. The molecule has 0 saturated carbocycles. The summed E-state index contributed by atoms with van der Waals surface area (Å²) in [7, 11) is 0. The van der Waals surface area contributed by atoms with Gasteiger partial charge in [-0.25, -0.2) is 0 Å². The molecular weight excluding hydrogens is 224 g/mol. The van der Waals surface area contributed by atoms with Crippen LogP contribution in [-0.2, 0) is 9.53 Å². The fraction of sp³-hybridized carbons (Fsp3) is 0.818. The molecule has 1 unspecified atom stereocenters. The highest BCUT2D eigenvalue weighted by molar-refractivity contribution is 7.80. The number of thiocarbonyl (C=S) groups is 1. The largest absolute Gasteiger partial charge is 0.391 e. The Kier molecular flexibility index (Phi) is 5.15. The first kappa shape index (κ1) is 13.4. The van der Waals surface area contributed by atoms with Gasteiger partial charge in [-0.05, 0) is 12.3 Å². The Bertz CT molecular complexity index is 269. The molecule has 2 N–H and O–H groups in total. The molecule has 0 aromatic rings. The van der Waals surface area contributed by atoms with Crippen molar-refractivity contribution in [3.8, 4) is 0 Å². The number of carbonyl (C=O) groups excluding carboxylic acids is 1. The summed E-state index contributed by atoms with van der Waals surface area (Å²) >= 11 is 4.88. The molecule has 0 radical (unpaired) electrons. The Labute approximate surface area is 102 Å². The van der Waals surface area contributed by atoms with Crippen molar-refractivity contribution in [1.82, 2.24) is 4.90 Å². The lowest BCUT2D eigenvalue weighted by atomic mass is 10.1. The van der Waals surface area contributed by atoms with Crippen LogP contribution < -0.4 is 5.73 Å². The van der Waals surface area contributed by atoms with E-state index in [-0.39, 0.29) is 12.0 Å². The second kappa shape index (κ2) is 6.15. The minimum Gasteiger partial charge on any atom is -0.391 e. The predicted molar refractivity (Wildman–Crippen MR) is 67.2 cm³/mol. The number of nitrogens with zero attached hydrogens (tertiary/aromatic N) is 1. The van der Waals surface area contributed by atoms with Crippen molar-refractivity contribution in [2.45, 2.75) is 32.8 Å². The van der Waals surface area contributed by atoms with Crippen molar-refractivity contribution in [3.63, 3.8) is 0 Å². The molecule has 1 saturated heterocycles. The van der Waals surface area contributed by atoms with Gasteiger partial charge in [-0.2, -0.15) is 0 Å². The third kappa shape index (κ3) is 4.06. The predicted octanol–water partition coefficient (Wildman–Crippen LogP) is 0.936. The van der Waals surface area contributed by atoms with Gasteiger partial charge < -0.3 is 15.4 Å². The van der Waals surface area contributed by atoms with Crippen LogP contribution in [0.15, 0.2) is 0 Å². The zero-order valence-corrected chi connectivity index (χ0v) is 10.8. The van der Waals surface area contributed by atoms with Gasteiger partial charge >= 0.3 is 0 Å². The van der Waals surface area contributed by atoms with Crippen molar-refractivity contribution in [2.75, 3.05) is 19.7 Å². The van der Waals surface area contributed by atoms with E-state index in [1.807, 2.05) is 0 Å². The standard InChI is InChI=1S/C11H20N2O2S/c1-8(2)3-4-10(14)13-5-6-15-9(7-13)11(12)16/h8-9H,3-7H2,1-2H3,(H2,12,16). The van der Waals surface area contributed by atoms with E-state index in [1.165, 1.54) is 0 Å². The van der Waals surface area contributed by atoms with E-state index in [4.69, 9.17) is 22.7 Å². The first-order valence-corrected chi connectivity index (χ1v) is 6.10. The molecule has 0 spiro atoms. The van der Waals surface area contributed by atoms with Gasteiger partial charge in [0.15, 0.2) is 0 Å². The Morgan fingerprint density at radius 1 is 1.62 bits per heavy atom. The lowest BCUT2D eigenvalue weighted by Gasteiger charge is -2.32. The molecular formula is C11H20N2O2S. The van der Waals surface area contributed by atoms with Crippen molar-refractivity contribution in [3.05, 3.63) is 0 Å². The molecule has 0 aromatic carbocycles. The van der Waals surface area contributed by atoms with Crippen molar-refractivity contribution in [1.29, 1.82) is 0 Å². The normalized spacial score (nSPS) is 21.2. The van der Waals surface area contributed by atoms with Crippen LogP contribution in [0.2, 0.25) is 0 Å². The maximum atomic E-state index is 11.9. The molecule has 5 heteroatoms. The minimum atomic E-state index is -0.272. The summed E-state index contributed by atoms with van der Waals surface area (Å²) in [5.41, 5.74) is 5.52. The Morgan fingerprint density at radius 2 is 2.31 bits per heavy atom. The second-order valence-electron chi connectivity index (χ2n) is 4.53. The molecule has 4 nitrogen and oxygen atoms in total. The fourth-order valence-corrected chi connectivity index (χ4v) is 1.76. The molecule has 16 heavy (non-hydrogen) atoms. The number of nitrogens with two attached hydrogens (primary N) is 1. The number of hydrogen-bond acceptors (Lipinski definition) is 3. The third-order valence-electron chi connectivity index (χ3n) is 2.67. The summed E-state index contributed by atoms with van der Waals surface area (Å²) in [4.78, 5) is 14.0. The van der Waals surface area contributed by atoms with Gasteiger partial charge in [-0.15, -0.1) is 0 Å². The first-order valence-electron chi connectivity index (χ1n) is 5.69. The van der Waals surface area contributed by atoms with E-state index in [0.717, 1.165) is 6.42 Å². The fourth-order valence-electron chi connectivity index (χ4n) is 1.62. The van der Waals surface area contributed by atoms with E-state index in [0.29, 0.717) is 37.0 Å². The number of rotatable bonds is 4. The number of amides is 1. The molecule has 1 aliphatic rings. The zero-order chi connectivity index (χ0) is 12.1. The summed E-state index contributed by atoms with van der Waals surface area (Å²) in [6.07, 6.45) is 1.25. The number of morpholine rings is 1. The highest BCUT2D eigenvalue weighted by Gasteiger charge is 2.25. The average molecular weight is 244 g/mol. The highest BCUT2D eigenvalue weighted by atomic mass is 32.1. The van der Waals surface area contributed by atoms with Crippen LogP contribution in [0, 0.1) is 5.92 Å². The molecule has 0 aliphatic carbocycles. The summed E-state index contributed by atoms with van der Waals surface area (Å²) < 4.78 is 5.39. The van der Waals surface area contributed by atoms with E-state index >= 15 is 0 Å². The van der Waals surface area contributed by atoms with Gasteiger partial charge in [0.2, 0.25) is 5.91 Å². The van der Waals surface area contributed by atoms with Gasteiger partial charge in [0.05, 0.1) is 13.2 Å². The van der Waals surface area contributed by atoms with Gasteiger partial charge in [-0.3, -0.25) is 4.79 Å². The Balaban J connectivity index is 2.41. The van der Waals surface area contributed by atoms with Crippen LogP contribution in [0.3, 0.4) is 0 Å². The lowest BCUT2D eigenvalue weighted by molar-refractivity contribution is -0.136. The first-order chi connectivity index (χ1) is 7.50. The smallest absolute Gasteiger partial charge is 0.222 e. The molecule has 92 valence electrons. The zero-order valence-electron chi connectivity index (χ0n) is 9.94. The van der Waals surface area contributed by atoms with Crippen LogP contribution in [-0.4, -0.2) is 41.6 Å². The highest BCUT2D eigenvalue weighted by Crippen LogP contribution is 2.10. The van der Waals surface area contributed by atoms with Gasteiger partial charge in [0.25, 0.3) is 0 Å². The second-order valence-corrected chi connectivity index (χ2v) is 5.01. The molecule has 1 atom stereocenters. The third-order valence-corrected chi connectivity index (χ3v) is 2.93. The van der Waals surface area contributed by atoms with E-state index in [2.05, 4.69) is 13.8 Å². The average Bonchev–Trinajstić information content (AvgIpc) is 2.26. The maximum Gasteiger partial charge on any atom is 0.222 e. The Hall–Kier alpha value is -0.680. The molecule has 1 aliphatic heterocycles. The monoisotopic (exact) mass is 244 g/mol. The number of hydrogen-bond donors (Lipinski definition) is 1. The summed E-state index contributed by atoms with van der Waals surface area (Å²) in [5.74, 6) is 0.731. The summed E-state index contributed by atoms with van der Waals surface area (Å²) in [6, 6.07) is 0. The van der Waals surface area contributed by atoms with Crippen molar-refractivity contribution < 1.29 is 9.53 Å². The molecule has 1 rings (SSSR count). The van der Waals surface area contributed by atoms with Crippen molar-refractivity contribution >= 4 is 23.1 Å². The van der Waals surface area contributed by atoms with E-state index < -0.39 is 0 Å². The van der Waals surface area contributed by atoms with E-state index in [9.17, 15) is 4.79 Å². The topological polar surface area (TPSA) is 55.6 Å². The van der Waals surface area contributed by atoms with Crippen LogP contribution in [0.1, 0.15) is 26.7 Å². The summed E-state index contributed by atoms with van der Waals surface area (Å²) in [5, 5.41) is 0. The van der Waals surface area contributed by atoms with E-state index in [1.54, 1.807) is 4.90 Å². The van der Waals surface area contributed by atoms with Crippen LogP contribution >= 0.6 is 12.2 Å². The van der Waals surface area contributed by atoms with Crippen LogP contribution in [0.5, 0.6) is 0 Å². The lowest BCUT2D eigenvalue weighted by Crippen LogP contribution is -2.49. The molecule has 1 heterocycles. The van der Waals surface area contributed by atoms with Crippen molar-refractivity contribution in [2.24, 2.45) is 11.7 Å². The maximum absolute atomic E-state index is 11.9. The molecule has 0 aromatic heterocycles. The molecule has 0 bridgehead atoms. The molecule has 1 fully saturated rings. The van der Waals surface area contributed by atoms with Crippen LogP contribution in [0.25, 0.3) is 0 Å². The van der Waals surface area contributed by atoms with Crippen LogP contribution in [0.4, 0.5) is 0 Å². The minimum absolute atomic E-state index is 0.179. The van der Waals surface area contributed by atoms with Gasteiger partial charge in [-0.1, -0.05) is 26.1 Å². The SMILES string of the molecule is CC(C)CCC(=O)N1CCOC(C(N)=S)C1. The summed E-state index contributed by atoms with van der Waals surface area (Å²) in [6.45, 7) is 5.91. The van der Waals surface area contributed by atoms with Gasteiger partial charge in [0, 0.05) is 13.0 Å². The quantitative estimate of drug-likeness (QED) is 0.748.